The van der Waals surface area contributed by atoms with Crippen LogP contribution in [0.2, 0.25) is 10.0 Å². The van der Waals surface area contributed by atoms with Crippen molar-refractivity contribution in [2.24, 2.45) is 23.2 Å². The lowest BCUT2D eigenvalue weighted by Gasteiger charge is -2.40. The molecule has 1 atom stereocenters. The lowest BCUT2D eigenvalue weighted by Crippen LogP contribution is -2.45. The first-order valence-electron chi connectivity index (χ1n) is 11.7. The van der Waals surface area contributed by atoms with E-state index in [1.54, 1.807) is 6.20 Å². The van der Waals surface area contributed by atoms with Crippen molar-refractivity contribution in [2.45, 2.75) is 63.8 Å². The van der Waals surface area contributed by atoms with Crippen molar-refractivity contribution < 1.29 is 9.18 Å². The highest BCUT2D eigenvalue weighted by Gasteiger charge is 2.52. The van der Waals surface area contributed by atoms with Gasteiger partial charge < -0.3 is 5.32 Å². The van der Waals surface area contributed by atoms with E-state index in [1.165, 1.54) is 12.1 Å². The molecule has 0 saturated heterocycles. The highest BCUT2D eigenvalue weighted by Crippen LogP contribution is 2.61. The van der Waals surface area contributed by atoms with Gasteiger partial charge in [-0.15, -0.1) is 0 Å². The van der Waals surface area contributed by atoms with Crippen LogP contribution < -0.4 is 5.32 Å². The molecule has 1 N–H and O–H groups in total. The summed E-state index contributed by atoms with van der Waals surface area (Å²) in [4.78, 5) is 13.2. The van der Waals surface area contributed by atoms with Gasteiger partial charge in [0.25, 0.3) is 0 Å². The molecular formula is C25H28Cl2FN3O. The quantitative estimate of drug-likeness (QED) is 0.476. The van der Waals surface area contributed by atoms with Crippen molar-refractivity contribution in [3.63, 3.8) is 0 Å². The maximum absolute atomic E-state index is 15.0. The summed E-state index contributed by atoms with van der Waals surface area (Å²) in [5.41, 5.74) is 1.24. The van der Waals surface area contributed by atoms with Gasteiger partial charge in [-0.1, -0.05) is 23.2 Å². The number of benzene rings is 1. The van der Waals surface area contributed by atoms with E-state index < -0.39 is 6.04 Å². The lowest BCUT2D eigenvalue weighted by atomic mass is 9.70. The molecule has 3 aliphatic carbocycles. The molecule has 0 spiro atoms. The summed E-state index contributed by atoms with van der Waals surface area (Å²) in [6.45, 7) is 0. The van der Waals surface area contributed by atoms with Crippen LogP contribution in [0.4, 0.5) is 4.39 Å². The SMILES string of the molecule is O=C(N[C@H](c1c(F)ccc(Cl)c1Cl)C12CCC(CC1)C2)C1CC(CCc2cccnn2)C1. The monoisotopic (exact) mass is 475 g/mol. The molecule has 2 aromatic rings. The number of carbonyl (C=O) groups is 1. The number of amides is 1. The molecule has 2 bridgehead atoms. The summed E-state index contributed by atoms with van der Waals surface area (Å²) in [5, 5.41) is 11.9. The second-order valence-electron chi connectivity index (χ2n) is 10.00. The Kier molecular flexibility index (Phi) is 6.15. The summed E-state index contributed by atoms with van der Waals surface area (Å²) >= 11 is 12.8. The molecule has 1 heterocycles. The van der Waals surface area contributed by atoms with E-state index in [9.17, 15) is 4.79 Å². The fraction of sp³-hybridized carbons (Fsp3) is 0.560. The number of aryl methyl sites for hydroxylation is 1. The molecule has 1 aromatic carbocycles. The number of carbonyl (C=O) groups excluding carboxylic acids is 1. The first-order valence-corrected chi connectivity index (χ1v) is 12.4. The zero-order chi connectivity index (χ0) is 22.3. The van der Waals surface area contributed by atoms with Crippen LogP contribution in [0.1, 0.15) is 68.7 Å². The molecule has 32 heavy (non-hydrogen) atoms. The molecule has 0 aliphatic heterocycles. The largest absolute Gasteiger partial charge is 0.348 e. The van der Waals surface area contributed by atoms with E-state index in [4.69, 9.17) is 23.2 Å². The third-order valence-electron chi connectivity index (χ3n) is 8.11. The number of aromatic nitrogens is 2. The van der Waals surface area contributed by atoms with Crippen molar-refractivity contribution in [2.75, 3.05) is 0 Å². The predicted molar refractivity (Wildman–Crippen MR) is 123 cm³/mol. The van der Waals surface area contributed by atoms with E-state index in [2.05, 4.69) is 15.5 Å². The van der Waals surface area contributed by atoms with Gasteiger partial charge in [-0.25, -0.2) is 4.39 Å². The molecule has 3 fully saturated rings. The molecule has 0 unspecified atom stereocenters. The van der Waals surface area contributed by atoms with Gasteiger partial charge in [0.1, 0.15) is 5.82 Å². The Bertz CT molecular complexity index is 988. The van der Waals surface area contributed by atoms with Gasteiger partial charge in [0.05, 0.1) is 21.8 Å². The maximum atomic E-state index is 15.0. The minimum Gasteiger partial charge on any atom is -0.348 e. The van der Waals surface area contributed by atoms with Crippen molar-refractivity contribution in [3.8, 4) is 0 Å². The van der Waals surface area contributed by atoms with Crippen LogP contribution in [-0.4, -0.2) is 16.1 Å². The third-order valence-corrected chi connectivity index (χ3v) is 8.92. The Morgan fingerprint density at radius 1 is 1.22 bits per heavy atom. The standard InChI is InChI=1S/C25H28Cl2FN3O/c26-19-5-6-20(28)21(22(19)27)23(25-9-7-15(14-25)8-10-25)30-24(32)17-12-16(13-17)3-4-18-2-1-11-29-31-18/h1-2,5-6,11,15-17,23H,3-4,7-10,12-14H2,(H,30,32)/t15?,16?,17?,23-,25?/m1/s1. The molecule has 5 rings (SSSR count). The Hall–Kier alpha value is -1.72. The summed E-state index contributed by atoms with van der Waals surface area (Å²) < 4.78 is 15.0. The van der Waals surface area contributed by atoms with Crippen LogP contribution in [0.25, 0.3) is 0 Å². The highest BCUT2D eigenvalue weighted by atomic mass is 35.5. The Labute approximate surface area is 198 Å². The number of fused-ring (bicyclic) bond motifs is 2. The van der Waals surface area contributed by atoms with Gasteiger partial charge in [-0.05, 0) is 99.3 Å². The summed E-state index contributed by atoms with van der Waals surface area (Å²) in [7, 11) is 0. The van der Waals surface area contributed by atoms with E-state index in [0.717, 1.165) is 63.5 Å². The average Bonchev–Trinajstić information content (AvgIpc) is 3.38. The van der Waals surface area contributed by atoms with Gasteiger partial charge in [0, 0.05) is 17.7 Å². The molecule has 3 aliphatic rings. The van der Waals surface area contributed by atoms with Crippen LogP contribution in [0.5, 0.6) is 0 Å². The van der Waals surface area contributed by atoms with Crippen LogP contribution >= 0.6 is 23.2 Å². The Morgan fingerprint density at radius 2 is 2.00 bits per heavy atom. The predicted octanol–water partition coefficient (Wildman–Crippen LogP) is 6.32. The topological polar surface area (TPSA) is 54.9 Å². The van der Waals surface area contributed by atoms with Gasteiger partial charge in [0.15, 0.2) is 0 Å². The normalized spacial score (nSPS) is 29.5. The van der Waals surface area contributed by atoms with Gasteiger partial charge in [0.2, 0.25) is 5.91 Å². The number of hydrogen-bond acceptors (Lipinski definition) is 3. The summed E-state index contributed by atoms with van der Waals surface area (Å²) in [5.74, 6) is 0.791. The minimum absolute atomic E-state index is 0.0194. The molecule has 0 radical (unpaired) electrons. The second kappa shape index (κ2) is 8.90. The lowest BCUT2D eigenvalue weighted by molar-refractivity contribution is -0.131. The molecule has 7 heteroatoms. The highest BCUT2D eigenvalue weighted by molar-refractivity contribution is 6.42. The van der Waals surface area contributed by atoms with Crippen molar-refractivity contribution in [1.82, 2.24) is 15.5 Å². The molecule has 3 saturated carbocycles. The fourth-order valence-electron chi connectivity index (χ4n) is 6.25. The first-order chi connectivity index (χ1) is 15.4. The van der Waals surface area contributed by atoms with E-state index in [0.29, 0.717) is 22.4 Å². The average molecular weight is 476 g/mol. The van der Waals surface area contributed by atoms with Crippen molar-refractivity contribution in [1.29, 1.82) is 0 Å². The molecule has 1 amide bonds. The summed E-state index contributed by atoms with van der Waals surface area (Å²) in [6, 6.07) is 6.31. The third kappa shape index (κ3) is 4.14. The smallest absolute Gasteiger partial charge is 0.223 e. The number of hydrogen-bond donors (Lipinski definition) is 1. The number of nitrogens with zero attached hydrogens (tertiary/aromatic N) is 2. The van der Waals surface area contributed by atoms with Gasteiger partial charge in [-0.2, -0.15) is 10.2 Å². The maximum Gasteiger partial charge on any atom is 0.223 e. The summed E-state index contributed by atoms with van der Waals surface area (Å²) in [6.07, 6.45) is 10.6. The van der Waals surface area contributed by atoms with E-state index in [-0.39, 0.29) is 28.1 Å². The zero-order valence-corrected chi connectivity index (χ0v) is 19.5. The van der Waals surface area contributed by atoms with E-state index >= 15 is 4.39 Å². The second-order valence-corrected chi connectivity index (χ2v) is 10.8. The van der Waals surface area contributed by atoms with Gasteiger partial charge in [-0.3, -0.25) is 4.79 Å². The van der Waals surface area contributed by atoms with Crippen molar-refractivity contribution >= 4 is 29.1 Å². The van der Waals surface area contributed by atoms with E-state index in [1.807, 2.05) is 12.1 Å². The Morgan fingerprint density at radius 3 is 2.66 bits per heavy atom. The molecule has 1 aromatic heterocycles. The molecule has 4 nitrogen and oxygen atoms in total. The van der Waals surface area contributed by atoms with Crippen LogP contribution in [-0.2, 0) is 11.2 Å². The first kappa shape index (κ1) is 22.1. The molecular weight excluding hydrogens is 448 g/mol. The number of nitrogens with one attached hydrogen (secondary N) is 1. The molecule has 170 valence electrons. The minimum atomic E-state index is -0.424. The zero-order valence-electron chi connectivity index (χ0n) is 18.0. The number of rotatable bonds is 7. The van der Waals surface area contributed by atoms with Crippen LogP contribution in [0.3, 0.4) is 0 Å². The van der Waals surface area contributed by atoms with Crippen LogP contribution in [0.15, 0.2) is 30.5 Å². The number of halogens is 3. The fourth-order valence-corrected chi connectivity index (χ4v) is 6.67. The van der Waals surface area contributed by atoms with Gasteiger partial charge >= 0.3 is 0 Å². The van der Waals surface area contributed by atoms with Crippen LogP contribution in [0, 0.1) is 29.0 Å². The van der Waals surface area contributed by atoms with Crippen molar-refractivity contribution in [3.05, 3.63) is 57.6 Å². The Balaban J connectivity index is 1.28.